The predicted molar refractivity (Wildman–Crippen MR) is 136 cm³/mol. The molecule has 1 aliphatic carbocycles. The minimum Gasteiger partial charge on any atom is -0.491 e. The molecule has 12 heteroatoms. The maximum atomic E-state index is 13.3. The summed E-state index contributed by atoms with van der Waals surface area (Å²) in [6, 6.07) is 7.83. The van der Waals surface area contributed by atoms with Crippen molar-refractivity contribution in [3.8, 4) is 11.5 Å². The van der Waals surface area contributed by atoms with Gasteiger partial charge in [-0.2, -0.15) is 0 Å². The highest BCUT2D eigenvalue weighted by atomic mass is 16.5. The van der Waals surface area contributed by atoms with Gasteiger partial charge in [-0.3, -0.25) is 15.0 Å². The molecule has 10 N–H and O–H groups in total. The number of carbonyl (C=O) groups excluding carboxylic acids is 2. The Balaban J connectivity index is 1.82. The minimum absolute atomic E-state index is 0.0443. The fraction of sp³-hybridized carbons (Fsp3) is 0.320. The number of ketones is 2. The van der Waals surface area contributed by atoms with E-state index in [4.69, 9.17) is 42.9 Å². The number of nitrogens with one attached hydrogen (secondary N) is 1. The van der Waals surface area contributed by atoms with Gasteiger partial charge in [-0.25, -0.2) is 9.79 Å². The highest BCUT2D eigenvalue weighted by molar-refractivity contribution is 6.33. The third-order valence-corrected chi connectivity index (χ3v) is 5.81. The maximum Gasteiger partial charge on any atom is 0.372 e. The van der Waals surface area contributed by atoms with Crippen LogP contribution in [0.3, 0.4) is 0 Å². The summed E-state index contributed by atoms with van der Waals surface area (Å²) in [7, 11) is 0. The number of guanidine groups is 1. The zero-order valence-electron chi connectivity index (χ0n) is 20.1. The summed E-state index contributed by atoms with van der Waals surface area (Å²) < 4.78 is 11.8. The molecule has 0 radical (unpaired) electrons. The Morgan fingerprint density at radius 1 is 1.05 bits per heavy atom. The van der Waals surface area contributed by atoms with Crippen LogP contribution in [0.2, 0.25) is 0 Å². The molecule has 1 unspecified atom stereocenters. The van der Waals surface area contributed by atoms with Crippen molar-refractivity contribution < 1.29 is 29.0 Å². The highest BCUT2D eigenvalue weighted by Crippen LogP contribution is 2.31. The van der Waals surface area contributed by atoms with E-state index in [9.17, 15) is 14.4 Å². The largest absolute Gasteiger partial charge is 0.491 e. The van der Waals surface area contributed by atoms with Gasteiger partial charge in [0.25, 0.3) is 0 Å². The van der Waals surface area contributed by atoms with E-state index in [0.717, 1.165) is 25.7 Å². The number of carboxylic acid groups (broad SMARTS) is 1. The normalized spacial score (nSPS) is 14.0. The number of amidine groups is 1. The summed E-state index contributed by atoms with van der Waals surface area (Å²) in [6.07, 6.45) is 3.29. The van der Waals surface area contributed by atoms with Crippen molar-refractivity contribution in [2.45, 2.75) is 44.2 Å². The third-order valence-electron chi connectivity index (χ3n) is 5.81. The Bertz CT molecular complexity index is 1230. The monoisotopic (exact) mass is 510 g/mol. The average Bonchev–Trinajstić information content (AvgIpc) is 3.35. The van der Waals surface area contributed by atoms with Crippen molar-refractivity contribution in [2.24, 2.45) is 27.9 Å². The van der Waals surface area contributed by atoms with Gasteiger partial charge >= 0.3 is 5.97 Å². The van der Waals surface area contributed by atoms with E-state index >= 15 is 0 Å². The van der Waals surface area contributed by atoms with Gasteiger partial charge in [0.1, 0.15) is 30.0 Å². The molecule has 37 heavy (non-hydrogen) atoms. The first kappa shape index (κ1) is 27.1. The van der Waals surface area contributed by atoms with Crippen LogP contribution in [0.25, 0.3) is 0 Å². The fourth-order valence-corrected chi connectivity index (χ4v) is 3.92. The standard InChI is InChI=1S/C25H30N6O6/c26-18(12-36-20-10-14(23(27)28)6-5-13(20)9-19(32)24(34)35)22(33)17-8-7-15(31-25(29)30)11-21(17)37-16-3-1-2-4-16/h5-8,10-11,16,18H,1-4,9,12,26H2,(H3,27,28)(H,34,35)(H4,29,30,31). The van der Waals surface area contributed by atoms with Gasteiger partial charge in [-0.05, 0) is 43.9 Å². The van der Waals surface area contributed by atoms with Crippen LogP contribution in [0.5, 0.6) is 11.5 Å². The SMILES string of the molecule is N=C(N)c1ccc(CC(=O)C(=O)O)c(OCC(N)C(=O)c2ccc(N=C(N)N)cc2OC2CCCC2)c1. The van der Waals surface area contributed by atoms with Crippen LogP contribution in [0.15, 0.2) is 41.4 Å². The van der Waals surface area contributed by atoms with Crippen molar-refractivity contribution in [3.05, 3.63) is 53.1 Å². The number of Topliss-reactive ketones (excluding diaryl/α,β-unsaturated/α-hetero) is 2. The molecule has 0 saturated heterocycles. The molecule has 0 bridgehead atoms. The van der Waals surface area contributed by atoms with Gasteiger partial charge in [0.2, 0.25) is 5.78 Å². The molecule has 1 saturated carbocycles. The van der Waals surface area contributed by atoms with E-state index in [1.165, 1.54) is 24.3 Å². The highest BCUT2D eigenvalue weighted by Gasteiger charge is 2.25. The van der Waals surface area contributed by atoms with E-state index in [1.807, 2.05) is 0 Å². The molecule has 2 aromatic rings. The van der Waals surface area contributed by atoms with Crippen LogP contribution in [0.4, 0.5) is 5.69 Å². The first-order chi connectivity index (χ1) is 17.5. The van der Waals surface area contributed by atoms with Crippen LogP contribution in [-0.2, 0) is 16.0 Å². The van der Waals surface area contributed by atoms with Crippen LogP contribution in [-0.4, -0.2) is 53.2 Å². The quantitative estimate of drug-likeness (QED) is 0.102. The summed E-state index contributed by atoms with van der Waals surface area (Å²) in [5, 5.41) is 16.6. The van der Waals surface area contributed by atoms with Crippen LogP contribution in [0.1, 0.15) is 47.2 Å². The molecule has 1 fully saturated rings. The Hall–Kier alpha value is -4.45. The Labute approximate surface area is 213 Å². The van der Waals surface area contributed by atoms with E-state index < -0.39 is 30.0 Å². The number of benzene rings is 2. The van der Waals surface area contributed by atoms with Crippen molar-refractivity contribution >= 4 is 35.0 Å². The summed E-state index contributed by atoms with van der Waals surface area (Å²) in [4.78, 5) is 40.0. The number of hydrogen-bond donors (Lipinski definition) is 6. The second kappa shape index (κ2) is 12.0. The molecular formula is C25H30N6O6. The number of hydrogen-bond acceptors (Lipinski definition) is 8. The van der Waals surface area contributed by atoms with E-state index in [1.54, 1.807) is 12.1 Å². The van der Waals surface area contributed by atoms with Crippen LogP contribution < -0.4 is 32.4 Å². The van der Waals surface area contributed by atoms with Crippen molar-refractivity contribution in [3.63, 3.8) is 0 Å². The molecular weight excluding hydrogens is 480 g/mol. The second-order valence-electron chi connectivity index (χ2n) is 8.66. The number of aliphatic carboxylic acids is 1. The lowest BCUT2D eigenvalue weighted by molar-refractivity contribution is -0.148. The van der Waals surface area contributed by atoms with Gasteiger partial charge in [0.05, 0.1) is 17.4 Å². The number of aliphatic imine (C=N–C) groups is 1. The molecule has 0 spiro atoms. The number of carbonyl (C=O) groups is 3. The molecule has 0 aliphatic heterocycles. The molecule has 12 nitrogen and oxygen atoms in total. The smallest absolute Gasteiger partial charge is 0.372 e. The van der Waals surface area contributed by atoms with Gasteiger partial charge in [0.15, 0.2) is 11.7 Å². The summed E-state index contributed by atoms with van der Waals surface area (Å²) in [6.45, 7) is -0.299. The maximum absolute atomic E-state index is 13.3. The lowest BCUT2D eigenvalue weighted by atomic mass is 10.0. The van der Waals surface area contributed by atoms with E-state index in [0.29, 0.717) is 17.0 Å². The zero-order valence-corrected chi connectivity index (χ0v) is 20.1. The number of ether oxygens (including phenoxy) is 2. The first-order valence-corrected chi connectivity index (χ1v) is 11.6. The third kappa shape index (κ3) is 7.27. The summed E-state index contributed by atoms with van der Waals surface area (Å²) >= 11 is 0. The predicted octanol–water partition coefficient (Wildman–Crippen LogP) is 0.982. The molecule has 0 heterocycles. The lowest BCUT2D eigenvalue weighted by Gasteiger charge is -2.19. The number of rotatable bonds is 12. The molecule has 3 rings (SSSR count). The summed E-state index contributed by atoms with van der Waals surface area (Å²) in [5.41, 5.74) is 23.9. The van der Waals surface area contributed by atoms with Crippen molar-refractivity contribution in [2.75, 3.05) is 6.61 Å². The van der Waals surface area contributed by atoms with Crippen molar-refractivity contribution in [1.82, 2.24) is 0 Å². The molecule has 0 aromatic heterocycles. The number of nitrogens with two attached hydrogens (primary N) is 4. The van der Waals surface area contributed by atoms with E-state index in [-0.39, 0.29) is 41.4 Å². The van der Waals surface area contributed by atoms with Gasteiger partial charge in [0, 0.05) is 23.6 Å². The molecule has 0 amide bonds. The summed E-state index contributed by atoms with van der Waals surface area (Å²) in [5.74, 6) is -3.09. The zero-order chi connectivity index (χ0) is 27.1. The molecule has 1 atom stereocenters. The first-order valence-electron chi connectivity index (χ1n) is 11.6. The second-order valence-corrected chi connectivity index (χ2v) is 8.66. The molecule has 1 aliphatic rings. The van der Waals surface area contributed by atoms with E-state index in [2.05, 4.69) is 4.99 Å². The Kier molecular flexibility index (Phi) is 8.80. The average molecular weight is 511 g/mol. The number of carboxylic acids is 1. The topological polar surface area (TPSA) is 230 Å². The molecule has 196 valence electrons. The van der Waals surface area contributed by atoms with Crippen molar-refractivity contribution in [1.29, 1.82) is 5.41 Å². The van der Waals surface area contributed by atoms with Crippen LogP contribution in [0, 0.1) is 5.41 Å². The number of nitrogen functional groups attached to an aromatic ring is 1. The van der Waals surface area contributed by atoms with Gasteiger partial charge in [-0.1, -0.05) is 12.1 Å². The number of nitrogens with zero attached hydrogens (tertiary/aromatic N) is 1. The minimum atomic E-state index is -1.59. The molecule has 2 aromatic carbocycles. The Morgan fingerprint density at radius 2 is 1.76 bits per heavy atom. The van der Waals surface area contributed by atoms with Gasteiger partial charge in [-0.15, -0.1) is 0 Å². The van der Waals surface area contributed by atoms with Crippen LogP contribution >= 0.6 is 0 Å². The Morgan fingerprint density at radius 3 is 2.38 bits per heavy atom. The fourth-order valence-electron chi connectivity index (χ4n) is 3.92. The lowest BCUT2D eigenvalue weighted by Crippen LogP contribution is -2.37. The van der Waals surface area contributed by atoms with Gasteiger partial charge < -0.3 is 37.5 Å².